The number of phenolic OH excluding ortho intramolecular Hbond substituents is 1. The van der Waals surface area contributed by atoms with E-state index in [1.165, 1.54) is 50.6 Å². The van der Waals surface area contributed by atoms with Crippen LogP contribution in [0.5, 0.6) is 17.2 Å². The molecule has 6 rings (SSSR count). The quantitative estimate of drug-likeness (QED) is 0.196. The highest BCUT2D eigenvalue weighted by Gasteiger charge is 2.76. The maximum absolute atomic E-state index is 14.2. The smallest absolute Gasteiger partial charge is 0.335 e. The molecule has 3 fully saturated rings. The fraction of sp³-hybridized carbons (Fsp3) is 0.367. The molecule has 2 aliphatic carbocycles. The van der Waals surface area contributed by atoms with Crippen LogP contribution >= 0.6 is 39.1 Å². The molecule has 2 aliphatic heterocycles. The van der Waals surface area contributed by atoms with Crippen LogP contribution in [0.1, 0.15) is 34.7 Å². The Hall–Kier alpha value is -3.61. The van der Waals surface area contributed by atoms with E-state index in [4.69, 9.17) is 32.7 Å². The molecular weight excluding hydrogens is 683 g/mol. The van der Waals surface area contributed by atoms with Crippen LogP contribution in [-0.2, 0) is 19.2 Å². The number of rotatable bonds is 6. The van der Waals surface area contributed by atoms with Crippen molar-refractivity contribution in [3.8, 4) is 17.2 Å². The van der Waals surface area contributed by atoms with E-state index in [1.807, 2.05) is 0 Å². The SMILES string of the molecule is COc1cc(O)cc(OC)c1[C@H]1C2=CC[C@@H]3C(=O)N(c4cccc(C(=O)O)c4)C(=O)[C@@H]3[C@@H]2C[C@@]2(Cl)C(=O)N(CBr)C(=O)[C@@]12Cl. The minimum absolute atomic E-state index is 0.0992. The number of halogens is 3. The molecule has 4 amide bonds. The largest absolute Gasteiger partial charge is 0.508 e. The lowest BCUT2D eigenvalue weighted by Crippen LogP contribution is -2.60. The van der Waals surface area contributed by atoms with Gasteiger partial charge in [0.25, 0.3) is 11.8 Å². The maximum Gasteiger partial charge on any atom is 0.335 e. The Balaban J connectivity index is 1.56. The van der Waals surface area contributed by atoms with E-state index in [1.54, 1.807) is 6.08 Å². The summed E-state index contributed by atoms with van der Waals surface area (Å²) in [5.74, 6) is -7.68. The molecule has 0 unspecified atom stereocenters. The summed E-state index contributed by atoms with van der Waals surface area (Å²) >= 11 is 17.7. The van der Waals surface area contributed by atoms with Gasteiger partial charge in [0.1, 0.15) is 17.2 Å². The number of benzene rings is 2. The number of fused-ring (bicyclic) bond motifs is 4. The number of carbonyl (C=O) groups is 5. The van der Waals surface area contributed by atoms with Gasteiger partial charge in [0.05, 0.1) is 42.8 Å². The second-order valence-corrected chi connectivity index (χ2v) is 12.9. The summed E-state index contributed by atoms with van der Waals surface area (Å²) in [5, 5.41) is 19.9. The number of methoxy groups -OCH3 is 2. The lowest BCUT2D eigenvalue weighted by molar-refractivity contribution is -0.138. The third kappa shape index (κ3) is 3.89. The van der Waals surface area contributed by atoms with Crippen molar-refractivity contribution in [3.05, 3.63) is 59.2 Å². The van der Waals surface area contributed by atoms with Crippen LogP contribution in [0.4, 0.5) is 5.69 Å². The number of imide groups is 2. The summed E-state index contributed by atoms with van der Waals surface area (Å²) in [7, 11) is 2.71. The Morgan fingerprint density at radius 2 is 1.68 bits per heavy atom. The molecule has 14 heteroatoms. The number of carboxylic acid groups (broad SMARTS) is 1. The molecule has 2 aromatic rings. The molecule has 0 radical (unpaired) electrons. The van der Waals surface area contributed by atoms with Gasteiger partial charge in [0.15, 0.2) is 9.75 Å². The third-order valence-electron chi connectivity index (χ3n) is 9.18. The van der Waals surface area contributed by atoms with Gasteiger partial charge in [-0.2, -0.15) is 0 Å². The molecule has 44 heavy (non-hydrogen) atoms. The topological polar surface area (TPSA) is 151 Å². The summed E-state index contributed by atoms with van der Waals surface area (Å²) in [6.45, 7) is 0. The van der Waals surface area contributed by atoms with Crippen LogP contribution in [0.2, 0.25) is 0 Å². The monoisotopic (exact) mass is 706 g/mol. The number of alkyl halides is 3. The number of likely N-dealkylation sites (tertiary alicyclic amines) is 1. The van der Waals surface area contributed by atoms with Crippen molar-refractivity contribution in [3.63, 3.8) is 0 Å². The number of phenols is 1. The van der Waals surface area contributed by atoms with Crippen molar-refractivity contribution in [2.75, 3.05) is 24.6 Å². The molecule has 4 aliphatic rings. The number of ether oxygens (including phenoxy) is 2. The first-order chi connectivity index (χ1) is 20.8. The van der Waals surface area contributed by atoms with Crippen molar-refractivity contribution in [1.82, 2.24) is 4.90 Å². The minimum atomic E-state index is -2.10. The van der Waals surface area contributed by atoms with Gasteiger partial charge < -0.3 is 19.7 Å². The highest BCUT2D eigenvalue weighted by Crippen LogP contribution is 2.67. The van der Waals surface area contributed by atoms with Crippen LogP contribution in [-0.4, -0.2) is 74.1 Å². The zero-order valence-electron chi connectivity index (χ0n) is 23.3. The molecule has 0 bridgehead atoms. The lowest BCUT2D eigenvalue weighted by atomic mass is 9.56. The Morgan fingerprint density at radius 1 is 1.02 bits per heavy atom. The summed E-state index contributed by atoms with van der Waals surface area (Å²) in [6.07, 6.45) is 1.61. The molecule has 0 aromatic heterocycles. The van der Waals surface area contributed by atoms with E-state index >= 15 is 0 Å². The Labute approximate surface area is 269 Å². The fourth-order valence-electron chi connectivity index (χ4n) is 7.31. The maximum atomic E-state index is 14.2. The van der Waals surface area contributed by atoms with Crippen molar-refractivity contribution in [2.45, 2.75) is 28.5 Å². The highest BCUT2D eigenvalue weighted by atomic mass is 79.9. The van der Waals surface area contributed by atoms with Gasteiger partial charge in [0.2, 0.25) is 11.8 Å². The summed E-state index contributed by atoms with van der Waals surface area (Å²) in [5.41, 5.74) is 0.556. The molecule has 2 heterocycles. The average Bonchev–Trinajstić information content (AvgIpc) is 3.34. The Morgan fingerprint density at radius 3 is 2.27 bits per heavy atom. The van der Waals surface area contributed by atoms with E-state index < -0.39 is 63.0 Å². The third-order valence-corrected chi connectivity index (χ3v) is 11.1. The number of amides is 4. The number of hydrogen-bond donors (Lipinski definition) is 2. The molecule has 2 saturated heterocycles. The van der Waals surface area contributed by atoms with Crippen molar-refractivity contribution >= 4 is 74.4 Å². The normalized spacial score (nSPS) is 31.0. The number of anilines is 1. The second kappa shape index (κ2) is 10.5. The lowest BCUT2D eigenvalue weighted by Gasteiger charge is -2.51. The summed E-state index contributed by atoms with van der Waals surface area (Å²) < 4.78 is 11.2. The van der Waals surface area contributed by atoms with Crippen LogP contribution in [0.3, 0.4) is 0 Å². The first kappa shape index (κ1) is 30.4. The van der Waals surface area contributed by atoms with Crippen molar-refractivity contribution in [2.24, 2.45) is 17.8 Å². The predicted octanol–water partition coefficient (Wildman–Crippen LogP) is 4.02. The van der Waals surface area contributed by atoms with E-state index in [2.05, 4.69) is 15.9 Å². The van der Waals surface area contributed by atoms with Gasteiger partial charge in [-0.05, 0) is 37.0 Å². The number of aromatic hydroxyl groups is 1. The van der Waals surface area contributed by atoms with E-state index in [-0.39, 0.29) is 52.4 Å². The number of aromatic carboxylic acids is 1. The first-order valence-electron chi connectivity index (χ1n) is 13.5. The highest BCUT2D eigenvalue weighted by molar-refractivity contribution is 9.09. The first-order valence-corrected chi connectivity index (χ1v) is 15.4. The molecule has 2 N–H and O–H groups in total. The van der Waals surface area contributed by atoms with E-state index in [0.29, 0.717) is 5.57 Å². The van der Waals surface area contributed by atoms with Crippen molar-refractivity contribution in [1.29, 1.82) is 0 Å². The molecule has 1 saturated carbocycles. The number of allylic oxidation sites excluding steroid dienone is 2. The van der Waals surface area contributed by atoms with Crippen LogP contribution in [0.25, 0.3) is 0 Å². The average molecular weight is 708 g/mol. The van der Waals surface area contributed by atoms with E-state index in [9.17, 15) is 34.2 Å². The number of carboxylic acids is 1. The summed E-state index contributed by atoms with van der Waals surface area (Å²) in [4.78, 5) is 65.2. The fourth-order valence-corrected chi connectivity index (χ4v) is 8.72. The predicted molar refractivity (Wildman–Crippen MR) is 160 cm³/mol. The van der Waals surface area contributed by atoms with Crippen LogP contribution in [0.15, 0.2) is 48.0 Å². The Kier molecular flexibility index (Phi) is 7.25. The standard InChI is InChI=1S/C30H25BrCl2N2O9/c1-43-19-9-15(36)10-20(44-2)22(19)23-16-6-7-17-21(18(16)11-29(32)27(41)34(12-31)28(42)30(23,29)33)25(38)35(24(17)37)14-5-3-4-13(8-14)26(39)40/h3-6,8-10,17-18,21,23,36H,7,11-12H2,1-2H3,(H,39,40)/t17-,18+,21-,23+,29+,30-/m0/s1. The van der Waals surface area contributed by atoms with Crippen molar-refractivity contribution < 1.29 is 43.7 Å². The zero-order valence-corrected chi connectivity index (χ0v) is 26.4. The molecule has 230 valence electrons. The summed E-state index contributed by atoms with van der Waals surface area (Å²) in [6, 6.07) is 8.15. The molecule has 11 nitrogen and oxygen atoms in total. The van der Waals surface area contributed by atoms with Gasteiger partial charge >= 0.3 is 5.97 Å². The number of hydrogen-bond acceptors (Lipinski definition) is 8. The van der Waals surface area contributed by atoms with Gasteiger partial charge in [-0.3, -0.25) is 29.0 Å². The zero-order chi connectivity index (χ0) is 31.9. The molecule has 0 spiro atoms. The Bertz CT molecular complexity index is 1670. The van der Waals surface area contributed by atoms with Gasteiger partial charge in [-0.1, -0.05) is 33.6 Å². The second-order valence-electron chi connectivity index (χ2n) is 11.1. The molecule has 6 atom stereocenters. The van der Waals surface area contributed by atoms with Gasteiger partial charge in [0, 0.05) is 23.6 Å². The molecule has 2 aromatic carbocycles. The number of nitrogens with zero attached hydrogens (tertiary/aromatic N) is 2. The van der Waals surface area contributed by atoms with E-state index in [0.717, 1.165) is 9.80 Å². The molecular formula is C30H25BrCl2N2O9. The number of carbonyl (C=O) groups excluding carboxylic acids is 4. The van der Waals surface area contributed by atoms with Crippen LogP contribution < -0.4 is 14.4 Å². The van der Waals surface area contributed by atoms with Gasteiger partial charge in [-0.15, -0.1) is 23.2 Å². The minimum Gasteiger partial charge on any atom is -0.508 e. The van der Waals surface area contributed by atoms with Crippen LogP contribution in [0, 0.1) is 17.8 Å². The van der Waals surface area contributed by atoms with Gasteiger partial charge in [-0.25, -0.2) is 4.79 Å².